The van der Waals surface area contributed by atoms with Crippen molar-refractivity contribution in [3.8, 4) is 0 Å². The minimum absolute atomic E-state index is 0.414. The first kappa shape index (κ1) is 19.7. The van der Waals surface area contributed by atoms with Crippen LogP contribution in [0.15, 0.2) is 78.9 Å². The van der Waals surface area contributed by atoms with Gasteiger partial charge in [0.05, 0.1) is 0 Å². The molecule has 1 aliphatic heterocycles. The normalized spacial score (nSPS) is 12.7. The Morgan fingerprint density at radius 3 is 2.27 bits per heavy atom. The first-order valence-corrected chi connectivity index (χ1v) is 10.2. The minimum Gasteiger partial charge on any atom is -0.367 e. The van der Waals surface area contributed by atoms with Gasteiger partial charge in [0.15, 0.2) is 0 Å². The van der Waals surface area contributed by atoms with Crippen LogP contribution in [0.4, 0.5) is 11.4 Å². The molecule has 0 fully saturated rings. The molecule has 4 rings (SSSR count). The highest BCUT2D eigenvalue weighted by molar-refractivity contribution is 6.39. The van der Waals surface area contributed by atoms with Crippen LogP contribution in [0.5, 0.6) is 0 Å². The molecule has 2 N–H and O–H groups in total. The third kappa shape index (κ3) is 4.87. The third-order valence-electron chi connectivity index (χ3n) is 5.37. The molecular weight excluding hydrogens is 374 g/mol. The molecule has 0 saturated heterocycles. The van der Waals surface area contributed by atoms with Crippen molar-refractivity contribution in [2.45, 2.75) is 19.4 Å². The van der Waals surface area contributed by atoms with E-state index in [0.717, 1.165) is 25.1 Å². The van der Waals surface area contributed by atoms with Crippen molar-refractivity contribution in [3.05, 3.63) is 95.6 Å². The average molecular weight is 399 g/mol. The number of carbonyl (C=O) groups excluding carboxylic acids is 2. The van der Waals surface area contributed by atoms with Crippen LogP contribution < -0.4 is 15.5 Å². The first-order valence-electron chi connectivity index (χ1n) is 10.2. The van der Waals surface area contributed by atoms with Crippen LogP contribution in [0, 0.1) is 0 Å². The third-order valence-corrected chi connectivity index (χ3v) is 5.37. The molecule has 3 aromatic rings. The first-order chi connectivity index (χ1) is 14.7. The monoisotopic (exact) mass is 399 g/mol. The van der Waals surface area contributed by atoms with E-state index in [4.69, 9.17) is 0 Å². The van der Waals surface area contributed by atoms with Crippen molar-refractivity contribution in [2.75, 3.05) is 23.3 Å². The Labute approximate surface area is 176 Å². The van der Waals surface area contributed by atoms with Crippen LogP contribution in [-0.4, -0.2) is 24.9 Å². The maximum atomic E-state index is 12.0. The summed E-state index contributed by atoms with van der Waals surface area (Å²) < 4.78 is 0. The largest absolute Gasteiger partial charge is 0.367 e. The zero-order valence-corrected chi connectivity index (χ0v) is 16.8. The molecule has 1 aliphatic rings. The van der Waals surface area contributed by atoms with E-state index in [-0.39, 0.29) is 0 Å². The summed E-state index contributed by atoms with van der Waals surface area (Å²) in [5, 5.41) is 5.26. The molecule has 5 heteroatoms. The average Bonchev–Trinajstić information content (AvgIpc) is 2.80. The fraction of sp³-hybridized carbons (Fsp3) is 0.200. The Morgan fingerprint density at radius 1 is 0.800 bits per heavy atom. The molecule has 0 aromatic heterocycles. The highest BCUT2D eigenvalue weighted by Crippen LogP contribution is 2.24. The maximum absolute atomic E-state index is 12.0. The lowest BCUT2D eigenvalue weighted by atomic mass is 9.99. The number of carbonyl (C=O) groups is 2. The van der Waals surface area contributed by atoms with Crippen LogP contribution in [0.1, 0.15) is 16.7 Å². The zero-order chi connectivity index (χ0) is 20.8. The van der Waals surface area contributed by atoms with Gasteiger partial charge in [-0.05, 0) is 53.8 Å². The van der Waals surface area contributed by atoms with Crippen molar-refractivity contribution in [2.24, 2.45) is 0 Å². The number of fused-ring (bicyclic) bond motifs is 1. The fourth-order valence-electron chi connectivity index (χ4n) is 3.70. The van der Waals surface area contributed by atoms with Crippen LogP contribution in [0.25, 0.3) is 0 Å². The van der Waals surface area contributed by atoms with Gasteiger partial charge in [0.2, 0.25) is 0 Å². The molecule has 5 nitrogen and oxygen atoms in total. The Kier molecular flexibility index (Phi) is 6.09. The number of nitrogens with zero attached hydrogens (tertiary/aromatic N) is 1. The molecule has 0 radical (unpaired) electrons. The van der Waals surface area contributed by atoms with Gasteiger partial charge in [-0.2, -0.15) is 0 Å². The summed E-state index contributed by atoms with van der Waals surface area (Å²) in [5.41, 5.74) is 5.77. The van der Waals surface area contributed by atoms with E-state index in [1.165, 1.54) is 16.8 Å². The highest BCUT2D eigenvalue weighted by Gasteiger charge is 2.16. The minimum atomic E-state index is -0.651. The maximum Gasteiger partial charge on any atom is 0.313 e. The van der Waals surface area contributed by atoms with Gasteiger partial charge in [-0.25, -0.2) is 0 Å². The number of amides is 2. The van der Waals surface area contributed by atoms with E-state index in [1.54, 1.807) is 24.3 Å². The molecular formula is C25H25N3O2. The summed E-state index contributed by atoms with van der Waals surface area (Å²) in [5.74, 6) is -1.27. The van der Waals surface area contributed by atoms with Crippen molar-refractivity contribution < 1.29 is 9.59 Å². The number of anilines is 2. The molecule has 0 saturated carbocycles. The van der Waals surface area contributed by atoms with Crippen LogP contribution >= 0.6 is 0 Å². The number of nitrogens with one attached hydrogen (secondary N) is 2. The second-order valence-corrected chi connectivity index (χ2v) is 7.43. The van der Waals surface area contributed by atoms with Gasteiger partial charge in [-0.1, -0.05) is 54.6 Å². The molecule has 0 spiro atoms. The van der Waals surface area contributed by atoms with E-state index in [1.807, 2.05) is 6.07 Å². The van der Waals surface area contributed by atoms with E-state index in [0.29, 0.717) is 18.7 Å². The smallest absolute Gasteiger partial charge is 0.313 e. The van der Waals surface area contributed by atoms with Gasteiger partial charge in [0.25, 0.3) is 0 Å². The van der Waals surface area contributed by atoms with Gasteiger partial charge < -0.3 is 15.5 Å². The summed E-state index contributed by atoms with van der Waals surface area (Å²) in [4.78, 5) is 26.3. The Balaban J connectivity index is 1.25. The number of benzene rings is 3. The summed E-state index contributed by atoms with van der Waals surface area (Å²) >= 11 is 0. The topological polar surface area (TPSA) is 61.4 Å². The predicted molar refractivity (Wildman–Crippen MR) is 119 cm³/mol. The molecule has 0 bridgehead atoms. The predicted octanol–water partition coefficient (Wildman–Crippen LogP) is 3.55. The van der Waals surface area contributed by atoms with Crippen molar-refractivity contribution in [3.63, 3.8) is 0 Å². The number of rotatable bonds is 5. The van der Waals surface area contributed by atoms with Gasteiger partial charge in [0, 0.05) is 31.0 Å². The van der Waals surface area contributed by atoms with Crippen LogP contribution in [0.3, 0.4) is 0 Å². The molecule has 0 unspecified atom stereocenters. The molecule has 30 heavy (non-hydrogen) atoms. The second kappa shape index (κ2) is 9.27. The molecule has 152 valence electrons. The Hall–Kier alpha value is -3.60. The highest BCUT2D eigenvalue weighted by atomic mass is 16.2. The molecule has 0 atom stereocenters. The lowest BCUT2D eigenvalue weighted by Gasteiger charge is -2.30. The molecule has 0 aliphatic carbocycles. The number of para-hydroxylation sites is 1. The van der Waals surface area contributed by atoms with Gasteiger partial charge >= 0.3 is 11.8 Å². The van der Waals surface area contributed by atoms with E-state index in [2.05, 4.69) is 64.1 Å². The molecule has 3 aromatic carbocycles. The van der Waals surface area contributed by atoms with Crippen molar-refractivity contribution in [1.82, 2.24) is 5.32 Å². The SMILES string of the molecule is O=C(NCCc1ccc(N2CCc3ccccc3C2)cc1)C(=O)Nc1ccccc1. The quantitative estimate of drug-likeness (QED) is 0.645. The number of hydrogen-bond acceptors (Lipinski definition) is 3. The molecule has 1 heterocycles. The summed E-state index contributed by atoms with van der Waals surface area (Å²) in [6, 6.07) is 26.0. The van der Waals surface area contributed by atoms with Crippen LogP contribution in [-0.2, 0) is 29.0 Å². The fourth-order valence-corrected chi connectivity index (χ4v) is 3.70. The van der Waals surface area contributed by atoms with Crippen molar-refractivity contribution in [1.29, 1.82) is 0 Å². The zero-order valence-electron chi connectivity index (χ0n) is 16.8. The summed E-state index contributed by atoms with van der Waals surface area (Å²) in [6.07, 6.45) is 1.74. The Morgan fingerprint density at radius 2 is 1.50 bits per heavy atom. The van der Waals surface area contributed by atoms with Gasteiger partial charge in [-0.3, -0.25) is 9.59 Å². The lowest BCUT2D eigenvalue weighted by molar-refractivity contribution is -0.136. The van der Waals surface area contributed by atoms with Gasteiger partial charge in [-0.15, -0.1) is 0 Å². The summed E-state index contributed by atoms with van der Waals surface area (Å²) in [7, 11) is 0. The number of hydrogen-bond donors (Lipinski definition) is 2. The van der Waals surface area contributed by atoms with E-state index < -0.39 is 11.8 Å². The van der Waals surface area contributed by atoms with E-state index >= 15 is 0 Å². The van der Waals surface area contributed by atoms with Gasteiger partial charge in [0.1, 0.15) is 0 Å². The van der Waals surface area contributed by atoms with E-state index in [9.17, 15) is 9.59 Å². The second-order valence-electron chi connectivity index (χ2n) is 7.43. The Bertz CT molecular complexity index is 1020. The summed E-state index contributed by atoms with van der Waals surface area (Å²) in [6.45, 7) is 2.36. The van der Waals surface area contributed by atoms with Crippen molar-refractivity contribution >= 4 is 23.2 Å². The lowest BCUT2D eigenvalue weighted by Crippen LogP contribution is -2.36. The van der Waals surface area contributed by atoms with Crippen LogP contribution in [0.2, 0.25) is 0 Å². The molecule has 2 amide bonds. The standard InChI is InChI=1S/C25H25N3O2/c29-24(25(30)27-22-8-2-1-3-9-22)26-16-14-19-10-12-23(13-11-19)28-17-15-20-6-4-5-7-21(20)18-28/h1-13H,14-18H2,(H,26,29)(H,27,30).